The number of hydrogen-bond acceptors (Lipinski definition) is 3. The fourth-order valence-corrected chi connectivity index (χ4v) is 1.38. The van der Waals surface area contributed by atoms with Gasteiger partial charge in [0.05, 0.1) is 11.6 Å². The lowest BCUT2D eigenvalue weighted by atomic mass is 10.2. The van der Waals surface area contributed by atoms with Crippen LogP contribution in [0.25, 0.3) is 0 Å². The molecule has 0 aliphatic carbocycles. The molecule has 0 aromatic heterocycles. The van der Waals surface area contributed by atoms with Gasteiger partial charge in [-0.2, -0.15) is 0 Å². The highest BCUT2D eigenvalue weighted by atomic mass is 32.1. The van der Waals surface area contributed by atoms with Crippen LogP contribution in [0.1, 0.15) is 20.3 Å². The van der Waals surface area contributed by atoms with Crippen LogP contribution in [0.15, 0.2) is 0 Å². The Bertz CT molecular complexity index is 153. The molecular weight excluding hydrogens is 184 g/mol. The fraction of sp³-hybridized carbons (Fsp3) is 0.889. The minimum absolute atomic E-state index is 0.435. The van der Waals surface area contributed by atoms with Crippen molar-refractivity contribution in [3.05, 3.63) is 0 Å². The number of methoxy groups -OCH3 is 1. The summed E-state index contributed by atoms with van der Waals surface area (Å²) < 4.78 is 5.09. The summed E-state index contributed by atoms with van der Waals surface area (Å²) >= 11 is 4.83. The van der Waals surface area contributed by atoms with E-state index in [-0.39, 0.29) is 0 Å². The molecule has 0 aliphatic rings. The minimum Gasteiger partial charge on any atom is -0.393 e. The van der Waals surface area contributed by atoms with Crippen LogP contribution in [0, 0.1) is 0 Å². The maximum atomic E-state index is 5.44. The van der Waals surface area contributed by atoms with Gasteiger partial charge in [0.25, 0.3) is 0 Å². The minimum atomic E-state index is 0.435. The Hall–Kier alpha value is -0.190. The molecule has 0 rings (SSSR count). The molecule has 2 N–H and O–H groups in total. The lowest BCUT2D eigenvalue weighted by molar-refractivity contribution is 0.104. The van der Waals surface area contributed by atoms with Gasteiger partial charge >= 0.3 is 0 Å². The fourth-order valence-electron chi connectivity index (χ4n) is 1.29. The predicted molar refractivity (Wildman–Crippen MR) is 60.0 cm³/mol. The van der Waals surface area contributed by atoms with Crippen molar-refractivity contribution < 1.29 is 4.74 Å². The number of nitrogens with two attached hydrogens (primary N) is 1. The summed E-state index contributed by atoms with van der Waals surface area (Å²) in [6.07, 6.45) is 0.789. The summed E-state index contributed by atoms with van der Waals surface area (Å²) in [5, 5.41) is 0. The van der Waals surface area contributed by atoms with Gasteiger partial charge in [0, 0.05) is 26.1 Å². The van der Waals surface area contributed by atoms with E-state index in [9.17, 15) is 0 Å². The maximum absolute atomic E-state index is 5.44. The largest absolute Gasteiger partial charge is 0.393 e. The van der Waals surface area contributed by atoms with Crippen LogP contribution < -0.4 is 5.73 Å². The molecule has 0 aromatic rings. The molecule has 0 amide bonds. The predicted octanol–water partition coefficient (Wildman–Crippen LogP) is 1.02. The van der Waals surface area contributed by atoms with Crippen molar-refractivity contribution in [2.24, 2.45) is 5.73 Å². The van der Waals surface area contributed by atoms with Crippen LogP contribution >= 0.6 is 12.2 Å². The molecule has 0 bridgehead atoms. The quantitative estimate of drug-likeness (QED) is 0.628. The van der Waals surface area contributed by atoms with E-state index in [1.807, 2.05) is 0 Å². The first-order valence-corrected chi connectivity index (χ1v) is 5.03. The van der Waals surface area contributed by atoms with Crippen molar-refractivity contribution >= 4 is 17.2 Å². The first kappa shape index (κ1) is 12.8. The molecule has 0 heterocycles. The summed E-state index contributed by atoms with van der Waals surface area (Å²) in [5.41, 5.74) is 5.44. The second-order valence-electron chi connectivity index (χ2n) is 3.15. The van der Waals surface area contributed by atoms with Crippen molar-refractivity contribution in [2.75, 3.05) is 26.8 Å². The van der Waals surface area contributed by atoms with Crippen LogP contribution in [0.2, 0.25) is 0 Å². The molecule has 13 heavy (non-hydrogen) atoms. The molecule has 1 atom stereocenters. The highest BCUT2D eigenvalue weighted by Gasteiger charge is 2.10. The highest BCUT2D eigenvalue weighted by Crippen LogP contribution is 2.00. The zero-order valence-electron chi connectivity index (χ0n) is 8.75. The number of nitrogens with zero attached hydrogens (tertiary/aromatic N) is 1. The van der Waals surface area contributed by atoms with Gasteiger partial charge in [-0.25, -0.2) is 0 Å². The van der Waals surface area contributed by atoms with E-state index in [0.29, 0.717) is 11.0 Å². The van der Waals surface area contributed by atoms with Crippen molar-refractivity contribution in [1.29, 1.82) is 0 Å². The van der Waals surface area contributed by atoms with Gasteiger partial charge in [-0.15, -0.1) is 0 Å². The van der Waals surface area contributed by atoms with Crippen LogP contribution in [0.3, 0.4) is 0 Å². The second-order valence-corrected chi connectivity index (χ2v) is 3.67. The van der Waals surface area contributed by atoms with E-state index in [1.165, 1.54) is 0 Å². The van der Waals surface area contributed by atoms with E-state index in [0.717, 1.165) is 26.1 Å². The van der Waals surface area contributed by atoms with Crippen LogP contribution in [-0.4, -0.2) is 42.7 Å². The maximum Gasteiger partial charge on any atom is 0.0740 e. The monoisotopic (exact) mass is 204 g/mol. The van der Waals surface area contributed by atoms with Crippen molar-refractivity contribution in [3.8, 4) is 0 Å². The normalized spacial score (nSPS) is 13.2. The molecule has 0 radical (unpaired) electrons. The second kappa shape index (κ2) is 7.24. The Morgan fingerprint density at radius 3 is 2.62 bits per heavy atom. The van der Waals surface area contributed by atoms with Gasteiger partial charge in [-0.3, -0.25) is 4.90 Å². The Labute approximate surface area is 86.2 Å². The van der Waals surface area contributed by atoms with Gasteiger partial charge in [0.1, 0.15) is 0 Å². The summed E-state index contributed by atoms with van der Waals surface area (Å²) in [6, 6.07) is 0.435. The third-order valence-electron chi connectivity index (χ3n) is 2.08. The Morgan fingerprint density at radius 1 is 1.62 bits per heavy atom. The van der Waals surface area contributed by atoms with Crippen LogP contribution in [-0.2, 0) is 4.74 Å². The number of ether oxygens (including phenoxy) is 1. The Kier molecular flexibility index (Phi) is 7.13. The van der Waals surface area contributed by atoms with Crippen molar-refractivity contribution in [2.45, 2.75) is 26.3 Å². The zero-order valence-corrected chi connectivity index (χ0v) is 9.56. The summed E-state index contributed by atoms with van der Waals surface area (Å²) in [7, 11) is 1.72. The highest BCUT2D eigenvalue weighted by molar-refractivity contribution is 7.80. The van der Waals surface area contributed by atoms with Gasteiger partial charge in [0.2, 0.25) is 0 Å². The average molecular weight is 204 g/mol. The third kappa shape index (κ3) is 5.96. The number of thiocarbonyl (C=S) groups is 1. The lowest BCUT2D eigenvalue weighted by Crippen LogP contribution is -2.38. The molecule has 0 spiro atoms. The zero-order chi connectivity index (χ0) is 10.3. The van der Waals surface area contributed by atoms with Gasteiger partial charge in [0.15, 0.2) is 0 Å². The molecule has 1 unspecified atom stereocenters. The summed E-state index contributed by atoms with van der Waals surface area (Å²) in [4.78, 5) is 2.89. The number of hydrogen-bond donors (Lipinski definition) is 1. The third-order valence-corrected chi connectivity index (χ3v) is 2.29. The Morgan fingerprint density at radius 2 is 2.23 bits per heavy atom. The Balaban J connectivity index is 3.79. The van der Waals surface area contributed by atoms with E-state index in [4.69, 9.17) is 22.7 Å². The first-order chi connectivity index (χ1) is 6.11. The topological polar surface area (TPSA) is 38.5 Å². The molecule has 0 saturated carbocycles. The standard InChI is InChI=1S/C9H20N2OS/c1-4-11(6-5-9(10)13)8(2)7-12-3/h8H,4-7H2,1-3H3,(H2,10,13). The van der Waals surface area contributed by atoms with Gasteiger partial charge < -0.3 is 10.5 Å². The van der Waals surface area contributed by atoms with E-state index < -0.39 is 0 Å². The first-order valence-electron chi connectivity index (χ1n) is 4.63. The molecule has 78 valence electrons. The van der Waals surface area contributed by atoms with Crippen molar-refractivity contribution in [1.82, 2.24) is 4.90 Å². The van der Waals surface area contributed by atoms with Gasteiger partial charge in [-0.05, 0) is 13.5 Å². The van der Waals surface area contributed by atoms with Crippen LogP contribution in [0.5, 0.6) is 0 Å². The van der Waals surface area contributed by atoms with Crippen LogP contribution in [0.4, 0.5) is 0 Å². The molecular formula is C9H20N2OS. The molecule has 0 fully saturated rings. The lowest BCUT2D eigenvalue weighted by Gasteiger charge is -2.26. The van der Waals surface area contributed by atoms with Crippen molar-refractivity contribution in [3.63, 3.8) is 0 Å². The average Bonchev–Trinajstić information content (AvgIpc) is 2.05. The smallest absolute Gasteiger partial charge is 0.0740 e. The van der Waals surface area contributed by atoms with E-state index in [1.54, 1.807) is 7.11 Å². The molecule has 0 aromatic carbocycles. The number of rotatable bonds is 7. The van der Waals surface area contributed by atoms with Gasteiger partial charge in [-0.1, -0.05) is 19.1 Å². The number of likely N-dealkylation sites (N-methyl/N-ethyl adjacent to an activating group) is 1. The van der Waals surface area contributed by atoms with E-state index >= 15 is 0 Å². The van der Waals surface area contributed by atoms with E-state index in [2.05, 4.69) is 18.7 Å². The SMILES string of the molecule is CCN(CCC(N)=S)C(C)COC. The molecule has 4 heteroatoms. The summed E-state index contributed by atoms with van der Waals surface area (Å²) in [6.45, 7) is 6.97. The summed E-state index contributed by atoms with van der Waals surface area (Å²) in [5.74, 6) is 0. The molecule has 0 aliphatic heterocycles. The molecule has 3 nitrogen and oxygen atoms in total. The molecule has 0 saturated heterocycles.